The maximum atomic E-state index is 11.3. The van der Waals surface area contributed by atoms with Crippen molar-refractivity contribution in [2.75, 3.05) is 18.6 Å². The zero-order valence-electron chi connectivity index (χ0n) is 15.5. The van der Waals surface area contributed by atoms with Gasteiger partial charge in [-0.15, -0.1) is 11.3 Å². The van der Waals surface area contributed by atoms with Gasteiger partial charge in [-0.05, 0) is 20.3 Å². The fraction of sp³-hybridized carbons (Fsp3) is 0.750. The van der Waals surface area contributed by atoms with E-state index in [1.165, 1.54) is 6.26 Å². The number of aliphatic imine (C=N–C) groups is 1. The Bertz CT molecular complexity index is 645. The first-order chi connectivity index (χ1) is 11.0. The Hall–Kier alpha value is -1.15. The molecule has 0 saturated heterocycles. The zero-order valence-corrected chi connectivity index (χ0v) is 17.1. The van der Waals surface area contributed by atoms with Crippen LogP contribution in [0.15, 0.2) is 10.4 Å². The average Bonchev–Trinajstić information content (AvgIpc) is 2.91. The molecular weight excluding hydrogens is 344 g/mol. The third-order valence-corrected chi connectivity index (χ3v) is 5.15. The first-order valence-electron chi connectivity index (χ1n) is 8.18. The number of rotatable bonds is 7. The summed E-state index contributed by atoms with van der Waals surface area (Å²) in [5.74, 6) is 0.855. The van der Waals surface area contributed by atoms with Crippen molar-refractivity contribution in [3.05, 3.63) is 16.1 Å². The normalized spacial score (nSPS) is 14.5. The summed E-state index contributed by atoms with van der Waals surface area (Å²) in [5, 5.41) is 9.49. The molecule has 6 nitrogen and oxygen atoms in total. The largest absolute Gasteiger partial charge is 0.357 e. The van der Waals surface area contributed by atoms with Gasteiger partial charge >= 0.3 is 0 Å². The molecule has 0 aliphatic heterocycles. The molecule has 1 unspecified atom stereocenters. The average molecular weight is 375 g/mol. The number of thiazole rings is 1. The summed E-state index contributed by atoms with van der Waals surface area (Å²) in [6.45, 7) is 11.6. The monoisotopic (exact) mass is 374 g/mol. The summed E-state index contributed by atoms with van der Waals surface area (Å²) in [6, 6.07) is 0.0268. The SMILES string of the molecule is CCNC(=NCc1nc(C(C)(C)C)cs1)NC(C)CCS(C)(=O)=O. The number of nitrogens with zero attached hydrogens (tertiary/aromatic N) is 2. The van der Waals surface area contributed by atoms with Gasteiger partial charge in [-0.25, -0.2) is 18.4 Å². The van der Waals surface area contributed by atoms with Gasteiger partial charge in [-0.1, -0.05) is 20.8 Å². The number of hydrogen-bond acceptors (Lipinski definition) is 5. The van der Waals surface area contributed by atoms with Crippen molar-refractivity contribution in [2.45, 2.75) is 59.0 Å². The maximum Gasteiger partial charge on any atom is 0.191 e. The standard InChI is InChI=1S/C16H30N4O2S2/c1-7-17-15(19-12(2)8-9-24(6,21)22)18-10-14-20-13(11-23-14)16(3,4)5/h11-12H,7-10H2,1-6H3,(H2,17,18,19). The fourth-order valence-corrected chi connectivity index (χ4v) is 3.62. The van der Waals surface area contributed by atoms with Crippen LogP contribution in [0.1, 0.15) is 51.7 Å². The number of sulfone groups is 1. The summed E-state index contributed by atoms with van der Waals surface area (Å²) >= 11 is 1.62. The van der Waals surface area contributed by atoms with Crippen molar-refractivity contribution in [1.82, 2.24) is 15.6 Å². The van der Waals surface area contributed by atoms with Crippen LogP contribution in [-0.4, -0.2) is 44.0 Å². The number of aromatic nitrogens is 1. The van der Waals surface area contributed by atoms with E-state index in [1.807, 2.05) is 13.8 Å². The van der Waals surface area contributed by atoms with Gasteiger partial charge in [0.15, 0.2) is 5.96 Å². The molecule has 2 N–H and O–H groups in total. The van der Waals surface area contributed by atoms with Crippen molar-refractivity contribution < 1.29 is 8.42 Å². The first kappa shape index (κ1) is 20.9. The van der Waals surface area contributed by atoms with Crippen LogP contribution in [0.25, 0.3) is 0 Å². The van der Waals surface area contributed by atoms with Gasteiger partial charge in [0, 0.05) is 29.6 Å². The maximum absolute atomic E-state index is 11.3. The molecule has 1 aromatic rings. The lowest BCUT2D eigenvalue weighted by atomic mass is 9.93. The zero-order chi connectivity index (χ0) is 18.4. The van der Waals surface area contributed by atoms with Crippen LogP contribution in [0.5, 0.6) is 0 Å². The van der Waals surface area contributed by atoms with E-state index in [1.54, 1.807) is 11.3 Å². The summed E-state index contributed by atoms with van der Waals surface area (Å²) in [4.78, 5) is 9.19. The minimum Gasteiger partial charge on any atom is -0.357 e. The third-order valence-electron chi connectivity index (χ3n) is 3.34. The molecule has 0 bridgehead atoms. The lowest BCUT2D eigenvalue weighted by molar-refractivity contribution is 0.570. The number of nitrogens with one attached hydrogen (secondary N) is 2. The lowest BCUT2D eigenvalue weighted by Gasteiger charge is -2.17. The molecule has 1 heterocycles. The molecule has 0 fully saturated rings. The lowest BCUT2D eigenvalue weighted by Crippen LogP contribution is -2.42. The second kappa shape index (κ2) is 8.80. The Labute approximate surface area is 150 Å². The molecule has 0 radical (unpaired) electrons. The highest BCUT2D eigenvalue weighted by Crippen LogP contribution is 2.24. The van der Waals surface area contributed by atoms with E-state index < -0.39 is 9.84 Å². The molecule has 1 rings (SSSR count). The molecule has 24 heavy (non-hydrogen) atoms. The summed E-state index contributed by atoms with van der Waals surface area (Å²) in [6.07, 6.45) is 1.81. The van der Waals surface area contributed by atoms with E-state index >= 15 is 0 Å². The molecule has 1 aromatic heterocycles. The van der Waals surface area contributed by atoms with E-state index in [2.05, 4.69) is 46.8 Å². The van der Waals surface area contributed by atoms with E-state index in [9.17, 15) is 8.42 Å². The summed E-state index contributed by atoms with van der Waals surface area (Å²) in [7, 11) is -2.94. The Balaban J connectivity index is 2.66. The topological polar surface area (TPSA) is 83.4 Å². The van der Waals surface area contributed by atoms with Crippen molar-refractivity contribution in [3.8, 4) is 0 Å². The molecule has 138 valence electrons. The predicted molar refractivity (Wildman–Crippen MR) is 103 cm³/mol. The van der Waals surface area contributed by atoms with Crippen LogP contribution in [-0.2, 0) is 21.8 Å². The van der Waals surface area contributed by atoms with Crippen LogP contribution in [0.3, 0.4) is 0 Å². The van der Waals surface area contributed by atoms with Crippen LogP contribution in [0.4, 0.5) is 0 Å². The van der Waals surface area contributed by atoms with Crippen LogP contribution < -0.4 is 10.6 Å². The number of hydrogen-bond donors (Lipinski definition) is 2. The van der Waals surface area contributed by atoms with Gasteiger partial charge in [0.1, 0.15) is 14.8 Å². The van der Waals surface area contributed by atoms with E-state index in [4.69, 9.17) is 0 Å². The molecule has 8 heteroatoms. The molecule has 0 amide bonds. The quantitative estimate of drug-likeness (QED) is 0.565. The summed E-state index contributed by atoms with van der Waals surface area (Å²) in [5.41, 5.74) is 1.12. The van der Waals surface area contributed by atoms with Crippen LogP contribution >= 0.6 is 11.3 Å². The Morgan fingerprint density at radius 3 is 2.58 bits per heavy atom. The van der Waals surface area contributed by atoms with Crippen molar-refractivity contribution in [3.63, 3.8) is 0 Å². The van der Waals surface area contributed by atoms with Gasteiger partial charge in [0.05, 0.1) is 18.0 Å². The first-order valence-corrected chi connectivity index (χ1v) is 11.1. The Morgan fingerprint density at radius 1 is 1.42 bits per heavy atom. The van der Waals surface area contributed by atoms with E-state index in [0.29, 0.717) is 18.9 Å². The third kappa shape index (κ3) is 8.10. The molecule has 0 aliphatic rings. The van der Waals surface area contributed by atoms with E-state index in [-0.39, 0.29) is 17.2 Å². The highest BCUT2D eigenvalue weighted by molar-refractivity contribution is 7.90. The van der Waals surface area contributed by atoms with Crippen molar-refractivity contribution in [1.29, 1.82) is 0 Å². The molecule has 0 spiro atoms. The second-order valence-corrected chi connectivity index (χ2v) is 10.2. The summed E-state index contributed by atoms with van der Waals surface area (Å²) < 4.78 is 22.5. The molecule has 0 saturated carbocycles. The van der Waals surface area contributed by atoms with Gasteiger partial charge in [0.2, 0.25) is 0 Å². The van der Waals surface area contributed by atoms with Crippen LogP contribution in [0, 0.1) is 0 Å². The second-order valence-electron chi connectivity index (χ2n) is 7.04. The van der Waals surface area contributed by atoms with Crippen LogP contribution in [0.2, 0.25) is 0 Å². The number of guanidine groups is 1. The molecule has 0 aromatic carbocycles. The molecule has 1 atom stereocenters. The van der Waals surface area contributed by atoms with Crippen molar-refractivity contribution >= 4 is 27.1 Å². The van der Waals surface area contributed by atoms with Gasteiger partial charge in [-0.2, -0.15) is 0 Å². The highest BCUT2D eigenvalue weighted by atomic mass is 32.2. The van der Waals surface area contributed by atoms with Crippen molar-refractivity contribution in [2.24, 2.45) is 4.99 Å². The van der Waals surface area contributed by atoms with Gasteiger partial charge in [-0.3, -0.25) is 0 Å². The molecule has 0 aliphatic carbocycles. The minimum atomic E-state index is -2.94. The predicted octanol–water partition coefficient (Wildman–Crippen LogP) is 2.32. The Morgan fingerprint density at radius 2 is 2.08 bits per heavy atom. The fourth-order valence-electron chi connectivity index (χ4n) is 1.89. The van der Waals surface area contributed by atoms with Gasteiger partial charge < -0.3 is 10.6 Å². The Kier molecular flexibility index (Phi) is 7.66. The van der Waals surface area contributed by atoms with Gasteiger partial charge in [0.25, 0.3) is 0 Å². The highest BCUT2D eigenvalue weighted by Gasteiger charge is 2.17. The molecular formula is C16H30N4O2S2. The van der Waals surface area contributed by atoms with E-state index in [0.717, 1.165) is 17.2 Å². The smallest absolute Gasteiger partial charge is 0.191 e. The minimum absolute atomic E-state index is 0.0268.